The lowest BCUT2D eigenvalue weighted by molar-refractivity contribution is -0.139. The van der Waals surface area contributed by atoms with Crippen LogP contribution < -0.4 is 0 Å². The standard InChI is InChI=1S/C15H17F2NO3/c1-9-7-11(9)15(21)18(6-5-13(19)20)8-10-3-2-4-12(16)14(10)17/h2-4,9,11H,5-8H2,1H3,(H,19,20)/t9-,11-/m0/s1. The van der Waals surface area contributed by atoms with Gasteiger partial charge in [0, 0.05) is 24.6 Å². The van der Waals surface area contributed by atoms with Gasteiger partial charge in [0.2, 0.25) is 5.91 Å². The van der Waals surface area contributed by atoms with E-state index < -0.39 is 17.6 Å². The molecule has 0 saturated heterocycles. The molecule has 1 aliphatic carbocycles. The Balaban J connectivity index is 2.12. The maximum Gasteiger partial charge on any atom is 0.305 e. The highest BCUT2D eigenvalue weighted by atomic mass is 19.2. The number of carboxylic acids is 1. The number of hydrogen-bond acceptors (Lipinski definition) is 2. The molecular weight excluding hydrogens is 280 g/mol. The van der Waals surface area contributed by atoms with Crippen molar-refractivity contribution in [1.29, 1.82) is 0 Å². The lowest BCUT2D eigenvalue weighted by Crippen LogP contribution is -2.34. The van der Waals surface area contributed by atoms with E-state index in [9.17, 15) is 18.4 Å². The number of halogens is 2. The first-order chi connectivity index (χ1) is 9.90. The van der Waals surface area contributed by atoms with Crippen LogP contribution in [0.4, 0.5) is 8.78 Å². The molecule has 0 aliphatic heterocycles. The Kier molecular flexibility index (Phi) is 4.55. The van der Waals surface area contributed by atoms with Gasteiger partial charge in [-0.05, 0) is 18.4 Å². The molecule has 4 nitrogen and oxygen atoms in total. The molecule has 1 aromatic rings. The number of aliphatic carboxylic acids is 1. The van der Waals surface area contributed by atoms with Crippen LogP contribution in [0.1, 0.15) is 25.3 Å². The van der Waals surface area contributed by atoms with Gasteiger partial charge in [-0.1, -0.05) is 19.1 Å². The van der Waals surface area contributed by atoms with E-state index in [1.807, 2.05) is 6.92 Å². The normalized spacial score (nSPS) is 20.1. The maximum absolute atomic E-state index is 13.7. The van der Waals surface area contributed by atoms with Crippen molar-refractivity contribution in [3.8, 4) is 0 Å². The molecule has 21 heavy (non-hydrogen) atoms. The molecule has 0 bridgehead atoms. The summed E-state index contributed by atoms with van der Waals surface area (Å²) in [6, 6.07) is 3.77. The van der Waals surface area contributed by atoms with Gasteiger partial charge in [0.1, 0.15) is 0 Å². The third-order valence-electron chi connectivity index (χ3n) is 3.73. The van der Waals surface area contributed by atoms with Crippen LogP contribution in [0.2, 0.25) is 0 Å². The SMILES string of the molecule is C[C@H]1C[C@@H]1C(=O)N(CCC(=O)O)Cc1cccc(F)c1F. The minimum absolute atomic E-state index is 0.00661. The Bertz CT molecular complexity index is 562. The molecular formula is C15H17F2NO3. The molecule has 2 rings (SSSR count). The molecule has 0 aromatic heterocycles. The summed E-state index contributed by atoms with van der Waals surface area (Å²) in [5.74, 6) is -3.05. The summed E-state index contributed by atoms with van der Waals surface area (Å²) in [5.41, 5.74) is 0.0574. The van der Waals surface area contributed by atoms with Gasteiger partial charge in [-0.2, -0.15) is 0 Å². The second-order valence-electron chi connectivity index (χ2n) is 5.44. The summed E-state index contributed by atoms with van der Waals surface area (Å²) in [6.45, 7) is 1.81. The highest BCUT2D eigenvalue weighted by molar-refractivity contribution is 5.82. The minimum Gasteiger partial charge on any atom is -0.481 e. The van der Waals surface area contributed by atoms with E-state index in [-0.39, 0.29) is 42.8 Å². The Morgan fingerprint density at radius 2 is 2.05 bits per heavy atom. The van der Waals surface area contributed by atoms with Gasteiger partial charge in [0.15, 0.2) is 11.6 Å². The van der Waals surface area contributed by atoms with Gasteiger partial charge in [-0.3, -0.25) is 9.59 Å². The Labute approximate surface area is 121 Å². The van der Waals surface area contributed by atoms with E-state index in [4.69, 9.17) is 5.11 Å². The number of rotatable bonds is 6. The zero-order valence-electron chi connectivity index (χ0n) is 11.7. The molecule has 114 valence electrons. The number of carbonyl (C=O) groups is 2. The van der Waals surface area contributed by atoms with Crippen LogP contribution in [0.3, 0.4) is 0 Å². The van der Waals surface area contributed by atoms with Gasteiger partial charge in [-0.15, -0.1) is 0 Å². The average Bonchev–Trinajstić information content (AvgIpc) is 3.15. The van der Waals surface area contributed by atoms with Gasteiger partial charge >= 0.3 is 5.97 Å². The van der Waals surface area contributed by atoms with Crippen LogP contribution in [0.5, 0.6) is 0 Å². The van der Waals surface area contributed by atoms with Crippen LogP contribution in [0.25, 0.3) is 0 Å². The molecule has 1 saturated carbocycles. The number of carbonyl (C=O) groups excluding carboxylic acids is 1. The van der Waals surface area contributed by atoms with E-state index in [1.54, 1.807) is 0 Å². The van der Waals surface area contributed by atoms with Crippen molar-refractivity contribution in [2.75, 3.05) is 6.54 Å². The quantitative estimate of drug-likeness (QED) is 0.877. The Hall–Kier alpha value is -1.98. The molecule has 0 spiro atoms. The molecule has 0 radical (unpaired) electrons. The van der Waals surface area contributed by atoms with Crippen molar-refractivity contribution in [1.82, 2.24) is 4.90 Å². The van der Waals surface area contributed by atoms with Crippen molar-refractivity contribution in [3.63, 3.8) is 0 Å². The minimum atomic E-state index is -1.03. The first kappa shape index (κ1) is 15.4. The van der Waals surface area contributed by atoms with E-state index in [0.29, 0.717) is 0 Å². The Morgan fingerprint density at radius 1 is 1.38 bits per heavy atom. The van der Waals surface area contributed by atoms with E-state index in [2.05, 4.69) is 0 Å². The van der Waals surface area contributed by atoms with Crippen molar-refractivity contribution in [3.05, 3.63) is 35.4 Å². The molecule has 1 aromatic carbocycles. The van der Waals surface area contributed by atoms with Gasteiger partial charge in [0.25, 0.3) is 0 Å². The molecule has 1 fully saturated rings. The van der Waals surface area contributed by atoms with Crippen LogP contribution in [0, 0.1) is 23.5 Å². The Morgan fingerprint density at radius 3 is 2.62 bits per heavy atom. The first-order valence-electron chi connectivity index (χ1n) is 6.83. The van der Waals surface area contributed by atoms with E-state index in [1.165, 1.54) is 17.0 Å². The third-order valence-corrected chi connectivity index (χ3v) is 3.73. The monoisotopic (exact) mass is 297 g/mol. The zero-order valence-corrected chi connectivity index (χ0v) is 11.7. The second kappa shape index (κ2) is 6.20. The largest absolute Gasteiger partial charge is 0.481 e. The van der Waals surface area contributed by atoms with Gasteiger partial charge in [-0.25, -0.2) is 8.78 Å². The third kappa shape index (κ3) is 3.77. The predicted molar refractivity (Wildman–Crippen MR) is 71.3 cm³/mol. The molecule has 1 aliphatic rings. The van der Waals surface area contributed by atoms with Crippen LogP contribution in [-0.4, -0.2) is 28.4 Å². The lowest BCUT2D eigenvalue weighted by Gasteiger charge is -2.22. The van der Waals surface area contributed by atoms with Crippen molar-refractivity contribution in [2.45, 2.75) is 26.3 Å². The smallest absolute Gasteiger partial charge is 0.305 e. The fourth-order valence-corrected chi connectivity index (χ4v) is 2.27. The van der Waals surface area contributed by atoms with E-state index >= 15 is 0 Å². The highest BCUT2D eigenvalue weighted by Crippen LogP contribution is 2.39. The maximum atomic E-state index is 13.7. The summed E-state index contributed by atoms with van der Waals surface area (Å²) in [7, 11) is 0. The molecule has 2 atom stereocenters. The van der Waals surface area contributed by atoms with Crippen molar-refractivity contribution >= 4 is 11.9 Å². The van der Waals surface area contributed by atoms with Crippen molar-refractivity contribution in [2.24, 2.45) is 11.8 Å². The topological polar surface area (TPSA) is 57.6 Å². The molecule has 6 heteroatoms. The van der Waals surface area contributed by atoms with Crippen LogP contribution in [-0.2, 0) is 16.1 Å². The second-order valence-corrected chi connectivity index (χ2v) is 5.44. The molecule has 1 N–H and O–H groups in total. The predicted octanol–water partition coefficient (Wildman–Crippen LogP) is 2.42. The summed E-state index contributed by atoms with van der Waals surface area (Å²) in [6.07, 6.45) is 0.539. The first-order valence-corrected chi connectivity index (χ1v) is 6.83. The molecule has 1 amide bonds. The van der Waals surface area contributed by atoms with Crippen molar-refractivity contribution < 1.29 is 23.5 Å². The van der Waals surface area contributed by atoms with Gasteiger partial charge in [0.05, 0.1) is 6.42 Å². The number of carboxylic acid groups (broad SMARTS) is 1. The summed E-state index contributed by atoms with van der Waals surface area (Å²) in [5, 5.41) is 8.74. The number of hydrogen-bond donors (Lipinski definition) is 1. The molecule has 0 unspecified atom stereocenters. The summed E-state index contributed by atoms with van der Waals surface area (Å²) >= 11 is 0. The average molecular weight is 297 g/mol. The van der Waals surface area contributed by atoms with Gasteiger partial charge < -0.3 is 10.0 Å². The van der Waals surface area contributed by atoms with Crippen LogP contribution in [0.15, 0.2) is 18.2 Å². The molecule has 0 heterocycles. The fourth-order valence-electron chi connectivity index (χ4n) is 2.27. The fraction of sp³-hybridized carbons (Fsp3) is 0.467. The van der Waals surface area contributed by atoms with Crippen LogP contribution >= 0.6 is 0 Å². The van der Waals surface area contributed by atoms with E-state index in [0.717, 1.165) is 12.5 Å². The zero-order chi connectivity index (χ0) is 15.6. The lowest BCUT2D eigenvalue weighted by atomic mass is 10.1. The summed E-state index contributed by atoms with van der Waals surface area (Å²) in [4.78, 5) is 24.2. The number of amides is 1. The highest BCUT2D eigenvalue weighted by Gasteiger charge is 2.41. The summed E-state index contributed by atoms with van der Waals surface area (Å²) < 4.78 is 26.9. The number of benzene rings is 1. The number of nitrogens with zero attached hydrogens (tertiary/aromatic N) is 1.